The first-order valence-electron chi connectivity index (χ1n) is 9.75. The number of fused-ring (bicyclic) bond motifs is 1. The molecule has 0 atom stereocenters. The lowest BCUT2D eigenvalue weighted by molar-refractivity contribution is 0.0625. The molecule has 0 unspecified atom stereocenters. The Morgan fingerprint density at radius 3 is 2.71 bits per heavy atom. The van der Waals surface area contributed by atoms with Gasteiger partial charge in [-0.1, -0.05) is 11.6 Å². The van der Waals surface area contributed by atoms with E-state index in [1.165, 1.54) is 0 Å². The van der Waals surface area contributed by atoms with E-state index < -0.39 is 0 Å². The molecule has 0 spiro atoms. The van der Waals surface area contributed by atoms with Gasteiger partial charge in [-0.25, -0.2) is 0 Å². The number of hydrogen-bond donors (Lipinski definition) is 1. The van der Waals surface area contributed by atoms with Crippen LogP contribution in [0.1, 0.15) is 31.2 Å². The highest BCUT2D eigenvalue weighted by atomic mass is 127. The summed E-state index contributed by atoms with van der Waals surface area (Å²) in [6.07, 6.45) is 4.35. The van der Waals surface area contributed by atoms with Crippen LogP contribution >= 0.6 is 35.6 Å². The van der Waals surface area contributed by atoms with E-state index in [0.29, 0.717) is 30.5 Å². The Balaban J connectivity index is 0.00000280. The minimum Gasteiger partial charge on any atom is -0.489 e. The monoisotopic (exact) mass is 523 g/mol. The minimum absolute atomic E-state index is 0. The maximum Gasteiger partial charge on any atom is 0.193 e. The Labute approximate surface area is 190 Å². The zero-order valence-corrected chi connectivity index (χ0v) is 19.8. The molecule has 0 amide bonds. The maximum atomic E-state index is 6.38. The van der Waals surface area contributed by atoms with Gasteiger partial charge in [0.1, 0.15) is 0 Å². The van der Waals surface area contributed by atoms with Crippen molar-refractivity contribution in [2.45, 2.75) is 32.2 Å². The lowest BCUT2D eigenvalue weighted by Crippen LogP contribution is -2.39. The van der Waals surface area contributed by atoms with Crippen molar-refractivity contribution in [1.29, 1.82) is 0 Å². The molecule has 0 aromatic heterocycles. The second-order valence-electron chi connectivity index (χ2n) is 7.12. The summed E-state index contributed by atoms with van der Waals surface area (Å²) in [5.74, 6) is 3.00. The van der Waals surface area contributed by atoms with Crippen LogP contribution < -0.4 is 14.8 Å². The summed E-state index contributed by atoms with van der Waals surface area (Å²) in [7, 11) is 3.89. The number of benzene rings is 1. The molecular weight excluding hydrogens is 493 g/mol. The Morgan fingerprint density at radius 2 is 1.96 bits per heavy atom. The molecule has 158 valence electrons. The van der Waals surface area contributed by atoms with Crippen LogP contribution in [0.2, 0.25) is 5.02 Å². The van der Waals surface area contributed by atoms with Crippen molar-refractivity contribution in [2.75, 3.05) is 47.1 Å². The van der Waals surface area contributed by atoms with Crippen molar-refractivity contribution in [3.8, 4) is 11.5 Å². The standard InChI is InChI=1S/C20H30ClN3O3.HI/c1-22-20(24(2)7-4-15-5-10-25-11-6-15)23-14-16-12-17(21)19-18(13-16)26-8-3-9-27-19;/h12-13,15H,3-11,14H2,1-2H3,(H,22,23);1H. The highest BCUT2D eigenvalue weighted by Crippen LogP contribution is 2.37. The summed E-state index contributed by atoms with van der Waals surface area (Å²) in [5.41, 5.74) is 1.04. The van der Waals surface area contributed by atoms with Gasteiger partial charge in [0.2, 0.25) is 0 Å². The molecule has 8 heteroatoms. The molecule has 1 saturated heterocycles. The number of nitrogens with zero attached hydrogens (tertiary/aromatic N) is 2. The van der Waals surface area contributed by atoms with Gasteiger partial charge in [0.05, 0.1) is 18.2 Å². The van der Waals surface area contributed by atoms with Crippen molar-refractivity contribution in [3.05, 3.63) is 22.7 Å². The van der Waals surface area contributed by atoms with Crippen molar-refractivity contribution >= 4 is 41.5 Å². The van der Waals surface area contributed by atoms with Crippen LogP contribution in [-0.2, 0) is 11.3 Å². The molecule has 2 aliphatic heterocycles. The number of nitrogens with one attached hydrogen (secondary N) is 1. The third kappa shape index (κ3) is 6.56. The average molecular weight is 524 g/mol. The SMILES string of the molecule is CN=C(NCc1cc(Cl)c2c(c1)OCCCO2)N(C)CCC1CCOCC1.I. The van der Waals surface area contributed by atoms with E-state index in [-0.39, 0.29) is 24.0 Å². The molecule has 1 N–H and O–H groups in total. The third-order valence-corrected chi connectivity index (χ3v) is 5.38. The van der Waals surface area contributed by atoms with Crippen LogP contribution in [0.25, 0.3) is 0 Å². The predicted molar refractivity (Wildman–Crippen MR) is 123 cm³/mol. The Morgan fingerprint density at radius 1 is 1.21 bits per heavy atom. The third-order valence-electron chi connectivity index (χ3n) is 5.10. The van der Waals surface area contributed by atoms with E-state index in [0.717, 1.165) is 68.6 Å². The summed E-state index contributed by atoms with van der Waals surface area (Å²) in [4.78, 5) is 6.59. The van der Waals surface area contributed by atoms with Crippen LogP contribution in [-0.4, -0.2) is 57.9 Å². The van der Waals surface area contributed by atoms with E-state index in [1.54, 1.807) is 0 Å². The normalized spacial score (nSPS) is 17.5. The first-order chi connectivity index (χ1) is 13.2. The maximum absolute atomic E-state index is 6.38. The molecule has 3 rings (SSSR count). The molecule has 6 nitrogen and oxygen atoms in total. The molecular formula is C20H31ClIN3O3. The van der Waals surface area contributed by atoms with E-state index in [2.05, 4.69) is 22.3 Å². The van der Waals surface area contributed by atoms with Crippen LogP contribution in [0.4, 0.5) is 0 Å². The van der Waals surface area contributed by atoms with Crippen LogP contribution in [0.15, 0.2) is 17.1 Å². The van der Waals surface area contributed by atoms with Gasteiger partial charge in [-0.2, -0.15) is 0 Å². The Bertz CT molecular complexity index is 654. The first kappa shape index (κ1) is 23.3. The number of hydrogen-bond acceptors (Lipinski definition) is 4. The second-order valence-corrected chi connectivity index (χ2v) is 7.53. The fraction of sp³-hybridized carbons (Fsp3) is 0.650. The summed E-state index contributed by atoms with van der Waals surface area (Å²) >= 11 is 6.38. The lowest BCUT2D eigenvalue weighted by atomic mass is 9.96. The van der Waals surface area contributed by atoms with Gasteiger partial charge in [0.15, 0.2) is 17.5 Å². The highest BCUT2D eigenvalue weighted by molar-refractivity contribution is 14.0. The lowest BCUT2D eigenvalue weighted by Gasteiger charge is -2.27. The van der Waals surface area contributed by atoms with Crippen LogP contribution in [0, 0.1) is 5.92 Å². The van der Waals surface area contributed by atoms with E-state index in [9.17, 15) is 0 Å². The van der Waals surface area contributed by atoms with Crippen LogP contribution in [0.5, 0.6) is 11.5 Å². The van der Waals surface area contributed by atoms with Gasteiger partial charge in [0.25, 0.3) is 0 Å². The number of guanidine groups is 1. The molecule has 2 heterocycles. The van der Waals surface area contributed by atoms with Gasteiger partial charge in [-0.15, -0.1) is 24.0 Å². The molecule has 28 heavy (non-hydrogen) atoms. The van der Waals surface area contributed by atoms with E-state index >= 15 is 0 Å². The second kappa shape index (κ2) is 11.9. The van der Waals surface area contributed by atoms with Crippen molar-refractivity contribution < 1.29 is 14.2 Å². The fourth-order valence-electron chi connectivity index (χ4n) is 3.47. The van der Waals surface area contributed by atoms with Crippen molar-refractivity contribution in [1.82, 2.24) is 10.2 Å². The van der Waals surface area contributed by atoms with E-state index in [1.807, 2.05) is 19.2 Å². The Kier molecular flexibility index (Phi) is 9.94. The molecule has 0 aliphatic carbocycles. The highest BCUT2D eigenvalue weighted by Gasteiger charge is 2.17. The molecule has 0 saturated carbocycles. The molecule has 1 aromatic rings. The minimum atomic E-state index is 0. The smallest absolute Gasteiger partial charge is 0.193 e. The molecule has 1 fully saturated rings. The zero-order valence-electron chi connectivity index (χ0n) is 16.7. The van der Waals surface area contributed by atoms with Crippen molar-refractivity contribution in [3.63, 3.8) is 0 Å². The summed E-state index contributed by atoms with van der Waals surface area (Å²) in [5, 5.41) is 4.01. The zero-order chi connectivity index (χ0) is 19.1. The largest absolute Gasteiger partial charge is 0.489 e. The number of ether oxygens (including phenoxy) is 3. The molecule has 0 bridgehead atoms. The van der Waals surface area contributed by atoms with Gasteiger partial charge < -0.3 is 24.4 Å². The van der Waals surface area contributed by atoms with Gasteiger partial charge in [0, 0.05) is 46.8 Å². The average Bonchev–Trinajstić information content (AvgIpc) is 2.93. The molecule has 2 aliphatic rings. The predicted octanol–water partition coefficient (Wildman–Crippen LogP) is 3.94. The topological polar surface area (TPSA) is 55.3 Å². The van der Waals surface area contributed by atoms with E-state index in [4.69, 9.17) is 25.8 Å². The van der Waals surface area contributed by atoms with Gasteiger partial charge in [-0.05, 0) is 42.9 Å². The summed E-state index contributed by atoms with van der Waals surface area (Å²) < 4.78 is 16.9. The molecule has 0 radical (unpaired) electrons. The number of aliphatic imine (C=N–C) groups is 1. The van der Waals surface area contributed by atoms with Gasteiger partial charge >= 0.3 is 0 Å². The summed E-state index contributed by atoms with van der Waals surface area (Å²) in [6, 6.07) is 3.92. The fourth-order valence-corrected chi connectivity index (χ4v) is 3.76. The van der Waals surface area contributed by atoms with Gasteiger partial charge in [-0.3, -0.25) is 4.99 Å². The van der Waals surface area contributed by atoms with Crippen LogP contribution in [0.3, 0.4) is 0 Å². The van der Waals surface area contributed by atoms with Crippen molar-refractivity contribution in [2.24, 2.45) is 10.9 Å². The Hall–Kier alpha value is -0.930. The number of halogens is 2. The summed E-state index contributed by atoms with van der Waals surface area (Å²) in [6.45, 7) is 4.68. The first-order valence-corrected chi connectivity index (χ1v) is 10.1. The quantitative estimate of drug-likeness (QED) is 0.360. The number of rotatable bonds is 5. The molecule has 1 aromatic carbocycles.